The number of hydrogen-bond acceptors (Lipinski definition) is 5. The van der Waals surface area contributed by atoms with Gasteiger partial charge in [0.2, 0.25) is 5.95 Å². The first-order chi connectivity index (χ1) is 9.74. The molecule has 0 aromatic carbocycles. The molecule has 0 aliphatic carbocycles. The molecule has 1 atom stereocenters. The Balaban J connectivity index is 2.13. The van der Waals surface area contributed by atoms with Gasteiger partial charge in [0.1, 0.15) is 0 Å². The highest BCUT2D eigenvalue weighted by molar-refractivity contribution is 5.42. The number of piperidine rings is 1. The molecule has 5 nitrogen and oxygen atoms in total. The van der Waals surface area contributed by atoms with Crippen molar-refractivity contribution in [1.82, 2.24) is 15.2 Å². The van der Waals surface area contributed by atoms with Crippen LogP contribution in [-0.4, -0.2) is 41.4 Å². The van der Waals surface area contributed by atoms with Crippen LogP contribution in [0, 0.1) is 5.92 Å². The summed E-state index contributed by atoms with van der Waals surface area (Å²) in [5.74, 6) is 2.51. The van der Waals surface area contributed by atoms with Crippen LogP contribution in [0.3, 0.4) is 0 Å². The molecule has 0 radical (unpaired) electrons. The molecule has 5 heteroatoms. The van der Waals surface area contributed by atoms with E-state index in [9.17, 15) is 0 Å². The van der Waals surface area contributed by atoms with E-state index in [1.54, 1.807) is 6.20 Å². The lowest BCUT2D eigenvalue weighted by atomic mass is 10.0. The highest BCUT2D eigenvalue weighted by Crippen LogP contribution is 2.21. The van der Waals surface area contributed by atoms with Gasteiger partial charge in [0.15, 0.2) is 5.82 Å². The zero-order chi connectivity index (χ0) is 14.4. The van der Waals surface area contributed by atoms with Crippen LogP contribution in [0.5, 0.6) is 0 Å². The second-order valence-electron chi connectivity index (χ2n) is 5.80. The van der Waals surface area contributed by atoms with Crippen molar-refractivity contribution in [2.24, 2.45) is 5.92 Å². The van der Waals surface area contributed by atoms with Gasteiger partial charge in [-0.05, 0) is 31.6 Å². The van der Waals surface area contributed by atoms with Gasteiger partial charge in [0.25, 0.3) is 0 Å². The molecule has 0 bridgehead atoms. The SMILES string of the molecule is CCCN(CCC)c1nncc(N2CCCC(C)C2)n1. The number of anilines is 2. The molecule has 0 N–H and O–H groups in total. The Morgan fingerprint density at radius 2 is 2.05 bits per heavy atom. The molecule has 2 heterocycles. The van der Waals surface area contributed by atoms with Crippen LogP contribution in [-0.2, 0) is 0 Å². The summed E-state index contributed by atoms with van der Waals surface area (Å²) in [6, 6.07) is 0. The first-order valence-corrected chi connectivity index (χ1v) is 7.94. The molecule has 1 unspecified atom stereocenters. The van der Waals surface area contributed by atoms with E-state index < -0.39 is 0 Å². The highest BCUT2D eigenvalue weighted by Gasteiger charge is 2.19. The maximum Gasteiger partial charge on any atom is 0.247 e. The van der Waals surface area contributed by atoms with Crippen LogP contribution in [0.2, 0.25) is 0 Å². The minimum absolute atomic E-state index is 0.740. The Morgan fingerprint density at radius 1 is 1.30 bits per heavy atom. The van der Waals surface area contributed by atoms with E-state index in [4.69, 9.17) is 4.98 Å². The van der Waals surface area contributed by atoms with Crippen molar-refractivity contribution in [2.45, 2.75) is 46.5 Å². The van der Waals surface area contributed by atoms with Crippen molar-refractivity contribution in [3.05, 3.63) is 6.20 Å². The molecule has 0 spiro atoms. The topological polar surface area (TPSA) is 45.2 Å². The Morgan fingerprint density at radius 3 is 2.70 bits per heavy atom. The first kappa shape index (κ1) is 15.0. The average molecular weight is 277 g/mol. The molecule has 1 aliphatic heterocycles. The zero-order valence-corrected chi connectivity index (χ0v) is 13.0. The predicted molar refractivity (Wildman–Crippen MR) is 83.2 cm³/mol. The number of nitrogens with zero attached hydrogens (tertiary/aromatic N) is 5. The average Bonchev–Trinajstić information content (AvgIpc) is 2.47. The molecule has 20 heavy (non-hydrogen) atoms. The summed E-state index contributed by atoms with van der Waals surface area (Å²) in [5, 5.41) is 8.40. The zero-order valence-electron chi connectivity index (χ0n) is 13.0. The van der Waals surface area contributed by atoms with Crippen LogP contribution in [0.15, 0.2) is 6.20 Å². The first-order valence-electron chi connectivity index (χ1n) is 7.94. The lowest BCUT2D eigenvalue weighted by molar-refractivity contribution is 0.444. The quantitative estimate of drug-likeness (QED) is 0.800. The second-order valence-corrected chi connectivity index (χ2v) is 5.80. The van der Waals surface area contributed by atoms with Gasteiger partial charge in [-0.25, -0.2) is 0 Å². The fraction of sp³-hybridized carbons (Fsp3) is 0.800. The van der Waals surface area contributed by atoms with Crippen molar-refractivity contribution in [2.75, 3.05) is 36.0 Å². The monoisotopic (exact) mass is 277 g/mol. The van der Waals surface area contributed by atoms with E-state index >= 15 is 0 Å². The van der Waals surface area contributed by atoms with Crippen LogP contribution in [0.4, 0.5) is 11.8 Å². The van der Waals surface area contributed by atoms with Gasteiger partial charge in [-0.3, -0.25) is 0 Å². The largest absolute Gasteiger partial charge is 0.355 e. The lowest BCUT2D eigenvalue weighted by Gasteiger charge is -2.32. The summed E-state index contributed by atoms with van der Waals surface area (Å²) < 4.78 is 0. The summed E-state index contributed by atoms with van der Waals surface area (Å²) in [6.45, 7) is 10.8. The minimum atomic E-state index is 0.740. The van der Waals surface area contributed by atoms with Crippen LogP contribution in [0.25, 0.3) is 0 Å². The van der Waals surface area contributed by atoms with Gasteiger partial charge in [0.05, 0.1) is 6.20 Å². The van der Waals surface area contributed by atoms with Gasteiger partial charge in [-0.2, -0.15) is 10.1 Å². The van der Waals surface area contributed by atoms with Crippen LogP contribution in [0.1, 0.15) is 46.5 Å². The fourth-order valence-corrected chi connectivity index (χ4v) is 2.82. The van der Waals surface area contributed by atoms with E-state index in [0.29, 0.717) is 0 Å². The van der Waals surface area contributed by atoms with E-state index in [2.05, 4.69) is 40.8 Å². The van der Waals surface area contributed by atoms with Gasteiger partial charge >= 0.3 is 0 Å². The van der Waals surface area contributed by atoms with Gasteiger partial charge in [-0.1, -0.05) is 20.8 Å². The highest BCUT2D eigenvalue weighted by atomic mass is 15.3. The normalized spacial score (nSPS) is 19.1. The fourth-order valence-electron chi connectivity index (χ4n) is 2.82. The maximum atomic E-state index is 4.75. The van der Waals surface area contributed by atoms with Crippen LogP contribution >= 0.6 is 0 Å². The number of aromatic nitrogens is 3. The van der Waals surface area contributed by atoms with Gasteiger partial charge in [0, 0.05) is 26.2 Å². The minimum Gasteiger partial charge on any atom is -0.355 e. The van der Waals surface area contributed by atoms with E-state index in [-0.39, 0.29) is 0 Å². The molecule has 1 saturated heterocycles. The second kappa shape index (κ2) is 7.41. The molecule has 1 aliphatic rings. The standard InChI is InChI=1S/C15H27N5/c1-4-8-19(9-5-2)15-17-14(11-16-18-15)20-10-6-7-13(3)12-20/h11,13H,4-10,12H2,1-3H3. The molecule has 2 rings (SSSR count). The van der Waals surface area contributed by atoms with Gasteiger partial charge in [-0.15, -0.1) is 5.10 Å². The molecular weight excluding hydrogens is 250 g/mol. The van der Waals surface area contributed by atoms with Crippen molar-refractivity contribution < 1.29 is 0 Å². The molecule has 0 amide bonds. The van der Waals surface area contributed by atoms with Crippen molar-refractivity contribution in [3.63, 3.8) is 0 Å². The van der Waals surface area contributed by atoms with Gasteiger partial charge < -0.3 is 9.80 Å². The molecule has 0 saturated carbocycles. The number of hydrogen-bond donors (Lipinski definition) is 0. The summed E-state index contributed by atoms with van der Waals surface area (Å²) in [7, 11) is 0. The van der Waals surface area contributed by atoms with Crippen molar-refractivity contribution >= 4 is 11.8 Å². The smallest absolute Gasteiger partial charge is 0.247 e. The summed E-state index contributed by atoms with van der Waals surface area (Å²) in [5.41, 5.74) is 0. The summed E-state index contributed by atoms with van der Waals surface area (Å²) in [4.78, 5) is 9.34. The summed E-state index contributed by atoms with van der Waals surface area (Å²) >= 11 is 0. The van der Waals surface area contributed by atoms with Crippen LogP contribution < -0.4 is 9.80 Å². The predicted octanol–water partition coefficient (Wildman–Crippen LogP) is 2.73. The van der Waals surface area contributed by atoms with Crippen molar-refractivity contribution in [3.8, 4) is 0 Å². The molecule has 112 valence electrons. The van der Waals surface area contributed by atoms with E-state index in [0.717, 1.165) is 56.7 Å². The summed E-state index contributed by atoms with van der Waals surface area (Å²) in [6.07, 6.45) is 6.58. The third-order valence-corrected chi connectivity index (χ3v) is 3.79. The molecule has 1 aromatic rings. The third kappa shape index (κ3) is 3.81. The lowest BCUT2D eigenvalue weighted by Crippen LogP contribution is -2.35. The Bertz CT molecular complexity index is 383. The molecule has 1 fully saturated rings. The Hall–Kier alpha value is -1.39. The Labute approximate surface area is 122 Å². The number of rotatable bonds is 6. The third-order valence-electron chi connectivity index (χ3n) is 3.79. The maximum absolute atomic E-state index is 4.75. The Kier molecular flexibility index (Phi) is 5.56. The van der Waals surface area contributed by atoms with E-state index in [1.807, 2.05) is 0 Å². The molecular formula is C15H27N5. The van der Waals surface area contributed by atoms with Crippen molar-refractivity contribution in [1.29, 1.82) is 0 Å². The van der Waals surface area contributed by atoms with E-state index in [1.165, 1.54) is 12.8 Å². The molecule has 1 aromatic heterocycles.